The lowest BCUT2D eigenvalue weighted by atomic mass is 10.2. The van der Waals surface area contributed by atoms with E-state index in [0.717, 1.165) is 6.54 Å². The molecule has 0 bridgehead atoms. The number of morpholine rings is 1. The highest BCUT2D eigenvalue weighted by molar-refractivity contribution is 5.98. The van der Waals surface area contributed by atoms with Gasteiger partial charge in [0.05, 0.1) is 6.61 Å². The molecule has 0 spiro atoms. The highest BCUT2D eigenvalue weighted by Gasteiger charge is 2.33. The van der Waals surface area contributed by atoms with E-state index >= 15 is 0 Å². The highest BCUT2D eigenvalue weighted by atomic mass is 16.5. The molecule has 2 N–H and O–H groups in total. The maximum absolute atomic E-state index is 11.7. The summed E-state index contributed by atoms with van der Waals surface area (Å²) in [5, 5.41) is 5.63. The van der Waals surface area contributed by atoms with Crippen LogP contribution in [0.5, 0.6) is 0 Å². The summed E-state index contributed by atoms with van der Waals surface area (Å²) in [6.45, 7) is 2.74. The zero-order valence-corrected chi connectivity index (χ0v) is 7.78. The van der Waals surface area contributed by atoms with E-state index in [4.69, 9.17) is 4.74 Å². The fraction of sp³-hybridized carbons (Fsp3) is 0.750. The summed E-state index contributed by atoms with van der Waals surface area (Å²) in [4.78, 5) is 24.1. The van der Waals surface area contributed by atoms with E-state index in [2.05, 4.69) is 10.6 Å². The maximum Gasteiger partial charge on any atom is 0.324 e. The van der Waals surface area contributed by atoms with Gasteiger partial charge >= 0.3 is 6.03 Å². The minimum absolute atomic E-state index is 0.243. The van der Waals surface area contributed by atoms with Crippen LogP contribution in [-0.4, -0.2) is 55.7 Å². The molecular formula is C8H13N3O3. The van der Waals surface area contributed by atoms with Gasteiger partial charge in [-0.15, -0.1) is 0 Å². The van der Waals surface area contributed by atoms with Gasteiger partial charge in [0.2, 0.25) is 0 Å². The molecule has 78 valence electrons. The number of carbonyl (C=O) groups excluding carboxylic acids is 2. The molecule has 6 heteroatoms. The molecular weight excluding hydrogens is 186 g/mol. The third-order valence-corrected chi connectivity index (χ3v) is 2.33. The van der Waals surface area contributed by atoms with Crippen LogP contribution in [0.15, 0.2) is 0 Å². The van der Waals surface area contributed by atoms with Crippen LogP contribution >= 0.6 is 0 Å². The molecule has 0 radical (unpaired) electrons. The molecule has 2 aliphatic rings. The molecule has 0 aromatic heterocycles. The second kappa shape index (κ2) is 3.93. The van der Waals surface area contributed by atoms with E-state index in [9.17, 15) is 9.59 Å². The van der Waals surface area contributed by atoms with E-state index in [1.807, 2.05) is 0 Å². The molecule has 0 saturated carbocycles. The van der Waals surface area contributed by atoms with Gasteiger partial charge in [-0.25, -0.2) is 4.79 Å². The van der Waals surface area contributed by atoms with Crippen LogP contribution in [0.25, 0.3) is 0 Å². The fourth-order valence-electron chi connectivity index (χ4n) is 1.58. The first kappa shape index (κ1) is 9.42. The normalized spacial score (nSPS) is 27.6. The van der Waals surface area contributed by atoms with E-state index in [0.29, 0.717) is 26.2 Å². The average molecular weight is 199 g/mol. The molecule has 2 saturated heterocycles. The van der Waals surface area contributed by atoms with Gasteiger partial charge < -0.3 is 15.4 Å². The van der Waals surface area contributed by atoms with Crippen molar-refractivity contribution in [1.82, 2.24) is 15.5 Å². The van der Waals surface area contributed by atoms with Crippen molar-refractivity contribution in [2.75, 3.05) is 32.8 Å². The highest BCUT2D eigenvalue weighted by Crippen LogP contribution is 2.05. The Balaban J connectivity index is 1.96. The lowest BCUT2D eigenvalue weighted by Gasteiger charge is -2.25. The fourth-order valence-corrected chi connectivity index (χ4v) is 1.58. The number of urea groups is 1. The molecule has 0 aromatic rings. The molecule has 6 nitrogen and oxygen atoms in total. The number of nitrogens with zero attached hydrogens (tertiary/aromatic N) is 1. The zero-order valence-electron chi connectivity index (χ0n) is 7.78. The third kappa shape index (κ3) is 1.71. The molecule has 0 aliphatic carbocycles. The number of hydrogen-bond donors (Lipinski definition) is 2. The summed E-state index contributed by atoms with van der Waals surface area (Å²) < 4.78 is 5.27. The number of hydrogen-bond acceptors (Lipinski definition) is 4. The van der Waals surface area contributed by atoms with E-state index in [1.165, 1.54) is 4.90 Å². The molecule has 2 aliphatic heterocycles. The number of amides is 3. The Labute approximate surface area is 81.6 Å². The number of carbonyl (C=O) groups is 2. The smallest absolute Gasteiger partial charge is 0.324 e. The van der Waals surface area contributed by atoms with Crippen LogP contribution in [0, 0.1) is 0 Å². The van der Waals surface area contributed by atoms with Crippen molar-refractivity contribution in [3.63, 3.8) is 0 Å². The predicted molar refractivity (Wildman–Crippen MR) is 47.7 cm³/mol. The Morgan fingerprint density at radius 3 is 2.93 bits per heavy atom. The van der Waals surface area contributed by atoms with Gasteiger partial charge in [-0.3, -0.25) is 9.69 Å². The molecule has 2 fully saturated rings. The molecule has 2 heterocycles. The summed E-state index contributed by atoms with van der Waals surface area (Å²) in [7, 11) is 0. The number of ether oxygens (including phenoxy) is 1. The summed E-state index contributed by atoms with van der Waals surface area (Å²) in [5.74, 6) is -0.243. The van der Waals surface area contributed by atoms with Crippen LogP contribution < -0.4 is 10.6 Å². The molecule has 14 heavy (non-hydrogen) atoms. The van der Waals surface area contributed by atoms with E-state index in [1.54, 1.807) is 0 Å². The standard InChI is InChI=1S/C8H13N3O3/c12-7(6-5-9-2-4-14-6)11-3-1-10-8(11)13/h6,9H,1-5H2,(H,10,13). The average Bonchev–Trinajstić information content (AvgIpc) is 2.65. The number of rotatable bonds is 1. The van der Waals surface area contributed by atoms with Crippen molar-refractivity contribution in [3.8, 4) is 0 Å². The van der Waals surface area contributed by atoms with Crippen LogP contribution in [0.1, 0.15) is 0 Å². The molecule has 3 amide bonds. The Morgan fingerprint density at radius 1 is 1.50 bits per heavy atom. The first-order valence-corrected chi connectivity index (χ1v) is 4.70. The Hall–Kier alpha value is -1.14. The first-order chi connectivity index (χ1) is 6.79. The van der Waals surface area contributed by atoms with Gasteiger partial charge in [0.15, 0.2) is 0 Å². The van der Waals surface area contributed by atoms with Gasteiger partial charge in [-0.1, -0.05) is 0 Å². The minimum atomic E-state index is -0.507. The second-order valence-electron chi connectivity index (χ2n) is 3.29. The van der Waals surface area contributed by atoms with Crippen LogP contribution in [0.3, 0.4) is 0 Å². The monoisotopic (exact) mass is 199 g/mol. The summed E-state index contributed by atoms with van der Waals surface area (Å²) in [6, 6.07) is -0.316. The first-order valence-electron chi connectivity index (χ1n) is 4.70. The van der Waals surface area contributed by atoms with Crippen molar-refractivity contribution in [1.29, 1.82) is 0 Å². The van der Waals surface area contributed by atoms with Crippen molar-refractivity contribution in [2.24, 2.45) is 0 Å². The summed E-state index contributed by atoms with van der Waals surface area (Å²) in [6.07, 6.45) is -0.507. The van der Waals surface area contributed by atoms with E-state index in [-0.39, 0.29) is 11.9 Å². The van der Waals surface area contributed by atoms with Crippen LogP contribution in [-0.2, 0) is 9.53 Å². The predicted octanol–water partition coefficient (Wildman–Crippen LogP) is -1.47. The van der Waals surface area contributed by atoms with Crippen molar-refractivity contribution in [2.45, 2.75) is 6.10 Å². The summed E-state index contributed by atoms with van der Waals surface area (Å²) >= 11 is 0. The number of nitrogens with one attached hydrogen (secondary N) is 2. The zero-order chi connectivity index (χ0) is 9.97. The van der Waals surface area contributed by atoms with Crippen molar-refractivity contribution >= 4 is 11.9 Å². The SMILES string of the molecule is O=C1NCCN1C(=O)C1CNCCO1. The Kier molecular flexibility index (Phi) is 2.64. The Morgan fingerprint density at radius 2 is 2.36 bits per heavy atom. The minimum Gasteiger partial charge on any atom is -0.366 e. The van der Waals surface area contributed by atoms with Gasteiger partial charge in [0, 0.05) is 26.2 Å². The molecule has 0 aromatic carbocycles. The largest absolute Gasteiger partial charge is 0.366 e. The summed E-state index contributed by atoms with van der Waals surface area (Å²) in [5.41, 5.74) is 0. The molecule has 2 rings (SSSR count). The lowest BCUT2D eigenvalue weighted by Crippen LogP contribution is -2.50. The van der Waals surface area contributed by atoms with Gasteiger partial charge in [0.25, 0.3) is 5.91 Å². The quantitative estimate of drug-likeness (QED) is 0.540. The molecule has 1 unspecified atom stereocenters. The maximum atomic E-state index is 11.7. The topological polar surface area (TPSA) is 70.7 Å². The second-order valence-corrected chi connectivity index (χ2v) is 3.29. The van der Waals surface area contributed by atoms with E-state index < -0.39 is 6.10 Å². The van der Waals surface area contributed by atoms with Crippen LogP contribution in [0.2, 0.25) is 0 Å². The Bertz CT molecular complexity index is 250. The molecule has 1 atom stereocenters. The van der Waals surface area contributed by atoms with Gasteiger partial charge in [0.1, 0.15) is 6.10 Å². The third-order valence-electron chi connectivity index (χ3n) is 2.33. The number of imide groups is 1. The van der Waals surface area contributed by atoms with Gasteiger partial charge in [-0.05, 0) is 0 Å². The van der Waals surface area contributed by atoms with Crippen LogP contribution in [0.4, 0.5) is 4.79 Å². The van der Waals surface area contributed by atoms with Crippen molar-refractivity contribution in [3.05, 3.63) is 0 Å². The lowest BCUT2D eigenvalue weighted by molar-refractivity contribution is -0.141. The van der Waals surface area contributed by atoms with Crippen molar-refractivity contribution < 1.29 is 14.3 Å². The van der Waals surface area contributed by atoms with Gasteiger partial charge in [-0.2, -0.15) is 0 Å².